The fourth-order valence-corrected chi connectivity index (χ4v) is 4.60. The van der Waals surface area contributed by atoms with Crippen molar-refractivity contribution in [1.29, 1.82) is 0 Å². The topological polar surface area (TPSA) is 15.3 Å². The molecule has 1 N–H and O–H groups in total. The summed E-state index contributed by atoms with van der Waals surface area (Å²) < 4.78 is 1.35. The van der Waals surface area contributed by atoms with Gasteiger partial charge in [-0.25, -0.2) is 0 Å². The van der Waals surface area contributed by atoms with Gasteiger partial charge in [0.2, 0.25) is 0 Å². The zero-order valence-electron chi connectivity index (χ0n) is 11.6. The molecule has 0 amide bonds. The summed E-state index contributed by atoms with van der Waals surface area (Å²) >= 11 is 1.81. The van der Waals surface area contributed by atoms with Crippen molar-refractivity contribution in [2.45, 2.75) is 18.9 Å². The van der Waals surface area contributed by atoms with E-state index in [4.69, 9.17) is 0 Å². The molecule has 1 unspecified atom stereocenters. The molecule has 104 valence electrons. The molecule has 0 saturated carbocycles. The fraction of sp³-hybridized carbons (Fsp3) is 0.412. The maximum atomic E-state index is 4.31. The SMILES string of the molecule is C=C(NC1CN2CCC1CC2)c1cccc2ccsc12. The van der Waals surface area contributed by atoms with Crippen LogP contribution in [0.1, 0.15) is 18.4 Å². The van der Waals surface area contributed by atoms with E-state index in [2.05, 4.69) is 46.4 Å². The summed E-state index contributed by atoms with van der Waals surface area (Å²) in [5.74, 6) is 0.833. The Kier molecular flexibility index (Phi) is 3.04. The number of nitrogens with zero attached hydrogens (tertiary/aromatic N) is 1. The summed E-state index contributed by atoms with van der Waals surface area (Å²) in [5.41, 5.74) is 2.37. The number of hydrogen-bond donors (Lipinski definition) is 1. The van der Waals surface area contributed by atoms with Crippen LogP contribution in [0.25, 0.3) is 15.8 Å². The van der Waals surface area contributed by atoms with Crippen LogP contribution in [-0.2, 0) is 0 Å². The van der Waals surface area contributed by atoms with Crippen LogP contribution in [0.4, 0.5) is 0 Å². The summed E-state index contributed by atoms with van der Waals surface area (Å²) in [6.07, 6.45) is 2.68. The number of hydrogen-bond acceptors (Lipinski definition) is 3. The van der Waals surface area contributed by atoms with Crippen molar-refractivity contribution < 1.29 is 0 Å². The van der Waals surface area contributed by atoms with Gasteiger partial charge in [-0.3, -0.25) is 0 Å². The monoisotopic (exact) mass is 284 g/mol. The Morgan fingerprint density at radius 2 is 2.10 bits per heavy atom. The van der Waals surface area contributed by atoms with Crippen molar-refractivity contribution in [3.63, 3.8) is 0 Å². The molecule has 4 heterocycles. The van der Waals surface area contributed by atoms with E-state index in [9.17, 15) is 0 Å². The molecular formula is C17H20N2S. The Morgan fingerprint density at radius 1 is 1.25 bits per heavy atom. The minimum absolute atomic E-state index is 0.584. The molecule has 3 aliphatic rings. The third-order valence-electron chi connectivity index (χ3n) is 4.82. The molecule has 3 saturated heterocycles. The van der Waals surface area contributed by atoms with Crippen LogP contribution in [-0.4, -0.2) is 30.6 Å². The smallest absolute Gasteiger partial charge is 0.0435 e. The Hall–Kier alpha value is -1.32. The molecule has 1 aromatic carbocycles. The second kappa shape index (κ2) is 4.90. The van der Waals surface area contributed by atoms with Crippen molar-refractivity contribution in [2.24, 2.45) is 5.92 Å². The molecule has 1 atom stereocenters. The second-order valence-corrected chi connectivity index (χ2v) is 6.93. The van der Waals surface area contributed by atoms with Crippen molar-refractivity contribution in [3.05, 3.63) is 41.8 Å². The van der Waals surface area contributed by atoms with Crippen molar-refractivity contribution >= 4 is 27.1 Å². The highest BCUT2D eigenvalue weighted by Gasteiger charge is 2.34. The van der Waals surface area contributed by atoms with Crippen LogP contribution in [0.2, 0.25) is 0 Å². The summed E-state index contributed by atoms with van der Waals surface area (Å²) in [5, 5.41) is 7.20. The quantitative estimate of drug-likeness (QED) is 0.927. The fourth-order valence-electron chi connectivity index (χ4n) is 3.66. The second-order valence-electron chi connectivity index (χ2n) is 6.01. The standard InChI is InChI=1S/C17H20N2S/c1-12(15-4-2-3-14-7-10-20-17(14)15)18-16-11-19-8-5-13(16)6-9-19/h2-4,7,10,13,16,18H,1,5-6,8-9,11H2. The normalized spacial score (nSPS) is 28.7. The molecule has 5 rings (SSSR count). The maximum Gasteiger partial charge on any atom is 0.0435 e. The average molecular weight is 284 g/mol. The zero-order valence-corrected chi connectivity index (χ0v) is 12.5. The Bertz CT molecular complexity index is 637. The molecule has 0 radical (unpaired) electrons. The molecule has 3 aliphatic heterocycles. The van der Waals surface area contributed by atoms with E-state index in [1.165, 1.54) is 48.1 Å². The molecule has 1 aromatic heterocycles. The number of rotatable bonds is 3. The van der Waals surface area contributed by atoms with Crippen molar-refractivity contribution in [2.75, 3.05) is 19.6 Å². The largest absolute Gasteiger partial charge is 0.381 e. The van der Waals surface area contributed by atoms with Crippen LogP contribution in [0.5, 0.6) is 0 Å². The first-order valence-corrected chi connectivity index (χ1v) is 8.33. The third-order valence-corrected chi connectivity index (χ3v) is 5.78. The lowest BCUT2D eigenvalue weighted by atomic mass is 9.84. The van der Waals surface area contributed by atoms with Crippen LogP contribution in [0, 0.1) is 5.92 Å². The zero-order chi connectivity index (χ0) is 13.5. The van der Waals surface area contributed by atoms with Gasteiger partial charge in [0.1, 0.15) is 0 Å². The summed E-state index contributed by atoms with van der Waals surface area (Å²) in [6, 6.07) is 9.27. The molecule has 0 aliphatic carbocycles. The number of fused-ring (bicyclic) bond motifs is 4. The Morgan fingerprint density at radius 3 is 2.85 bits per heavy atom. The first kappa shape index (κ1) is 12.4. The highest BCUT2D eigenvalue weighted by molar-refractivity contribution is 7.17. The molecular weight excluding hydrogens is 264 g/mol. The molecule has 3 fully saturated rings. The highest BCUT2D eigenvalue weighted by Crippen LogP contribution is 2.31. The molecule has 2 nitrogen and oxygen atoms in total. The van der Waals surface area contributed by atoms with Gasteiger partial charge in [0.15, 0.2) is 0 Å². The van der Waals surface area contributed by atoms with E-state index < -0.39 is 0 Å². The molecule has 3 heteroatoms. The lowest BCUT2D eigenvalue weighted by Gasteiger charge is -2.45. The summed E-state index contributed by atoms with van der Waals surface area (Å²) in [4.78, 5) is 2.58. The van der Waals surface area contributed by atoms with E-state index in [-0.39, 0.29) is 0 Å². The third kappa shape index (κ3) is 2.05. The lowest BCUT2D eigenvalue weighted by molar-refractivity contribution is 0.0801. The molecule has 20 heavy (non-hydrogen) atoms. The summed E-state index contributed by atoms with van der Waals surface area (Å²) in [6.45, 7) is 8.07. The van der Waals surface area contributed by atoms with Gasteiger partial charge >= 0.3 is 0 Å². The van der Waals surface area contributed by atoms with Gasteiger partial charge in [-0.2, -0.15) is 0 Å². The van der Waals surface area contributed by atoms with Crippen LogP contribution >= 0.6 is 11.3 Å². The summed E-state index contributed by atoms with van der Waals surface area (Å²) in [7, 11) is 0. The molecule has 0 spiro atoms. The predicted octanol–water partition coefficient (Wildman–Crippen LogP) is 3.56. The van der Waals surface area contributed by atoms with Crippen LogP contribution in [0.15, 0.2) is 36.2 Å². The predicted molar refractivity (Wildman–Crippen MR) is 86.9 cm³/mol. The minimum atomic E-state index is 0.584. The van der Waals surface area contributed by atoms with Crippen LogP contribution < -0.4 is 5.32 Å². The van der Waals surface area contributed by atoms with E-state index in [1.807, 2.05) is 11.3 Å². The number of benzene rings is 1. The average Bonchev–Trinajstić information content (AvgIpc) is 2.96. The number of nitrogens with one attached hydrogen (secondary N) is 1. The van der Waals surface area contributed by atoms with Gasteiger partial charge in [-0.15, -0.1) is 11.3 Å². The van der Waals surface area contributed by atoms with E-state index >= 15 is 0 Å². The van der Waals surface area contributed by atoms with E-state index in [1.54, 1.807) is 0 Å². The van der Waals surface area contributed by atoms with Crippen molar-refractivity contribution in [3.8, 4) is 0 Å². The van der Waals surface area contributed by atoms with Gasteiger partial charge in [0.25, 0.3) is 0 Å². The maximum absolute atomic E-state index is 4.31. The van der Waals surface area contributed by atoms with E-state index in [0.717, 1.165) is 11.6 Å². The van der Waals surface area contributed by atoms with Crippen LogP contribution in [0.3, 0.4) is 0 Å². The van der Waals surface area contributed by atoms with E-state index in [0.29, 0.717) is 6.04 Å². The Labute approximate surface area is 124 Å². The van der Waals surface area contributed by atoms with Gasteiger partial charge in [-0.1, -0.05) is 24.8 Å². The Balaban J connectivity index is 1.57. The first-order chi connectivity index (χ1) is 9.81. The molecule has 2 bridgehead atoms. The first-order valence-electron chi connectivity index (χ1n) is 7.45. The van der Waals surface area contributed by atoms with Crippen molar-refractivity contribution in [1.82, 2.24) is 10.2 Å². The molecule has 2 aromatic rings. The number of thiophene rings is 1. The van der Waals surface area contributed by atoms with Gasteiger partial charge in [-0.05, 0) is 48.7 Å². The van der Waals surface area contributed by atoms with Gasteiger partial charge in [0, 0.05) is 28.5 Å². The highest BCUT2D eigenvalue weighted by atomic mass is 32.1. The van der Waals surface area contributed by atoms with Gasteiger partial charge < -0.3 is 10.2 Å². The lowest BCUT2D eigenvalue weighted by Crippen LogP contribution is -2.55. The van der Waals surface area contributed by atoms with Gasteiger partial charge in [0.05, 0.1) is 0 Å². The minimum Gasteiger partial charge on any atom is -0.381 e. The number of piperidine rings is 3.